The van der Waals surface area contributed by atoms with Crippen molar-refractivity contribution in [3.8, 4) is 5.75 Å². The molecule has 0 bridgehead atoms. The molecule has 0 aliphatic heterocycles. The van der Waals surface area contributed by atoms with Gasteiger partial charge in [0, 0.05) is 23.9 Å². The Kier molecular flexibility index (Phi) is 3.90. The molecule has 2 aromatic rings. The zero-order chi connectivity index (χ0) is 13.8. The highest BCUT2D eigenvalue weighted by Gasteiger charge is 2.12. The zero-order valence-electron chi connectivity index (χ0n) is 10.8. The van der Waals surface area contributed by atoms with Gasteiger partial charge in [-0.15, -0.1) is 0 Å². The standard InChI is InChI=1S/C15H14FNO2/c1-10-12(4-3-7-17-10)14(18)9-11-5-6-15(19-2)13(16)8-11/h3-8H,9H2,1-2H3. The van der Waals surface area contributed by atoms with Gasteiger partial charge in [-0.3, -0.25) is 9.78 Å². The summed E-state index contributed by atoms with van der Waals surface area (Å²) < 4.78 is 18.4. The highest BCUT2D eigenvalue weighted by Crippen LogP contribution is 2.19. The summed E-state index contributed by atoms with van der Waals surface area (Å²) in [6, 6.07) is 7.97. The molecule has 0 atom stereocenters. The van der Waals surface area contributed by atoms with Gasteiger partial charge >= 0.3 is 0 Å². The molecule has 98 valence electrons. The van der Waals surface area contributed by atoms with Crippen LogP contribution in [0, 0.1) is 12.7 Å². The number of hydrogen-bond donors (Lipinski definition) is 0. The minimum absolute atomic E-state index is 0.0739. The average Bonchev–Trinajstić information content (AvgIpc) is 2.39. The number of benzene rings is 1. The number of nitrogens with zero attached hydrogens (tertiary/aromatic N) is 1. The van der Waals surface area contributed by atoms with E-state index in [2.05, 4.69) is 4.98 Å². The maximum absolute atomic E-state index is 13.5. The van der Waals surface area contributed by atoms with Gasteiger partial charge in [-0.1, -0.05) is 6.07 Å². The molecule has 0 aliphatic carbocycles. The molecule has 1 heterocycles. The third-order valence-electron chi connectivity index (χ3n) is 2.89. The molecule has 0 spiro atoms. The van der Waals surface area contributed by atoms with E-state index in [1.165, 1.54) is 19.2 Å². The minimum atomic E-state index is -0.462. The van der Waals surface area contributed by atoms with E-state index < -0.39 is 5.82 Å². The van der Waals surface area contributed by atoms with Crippen molar-refractivity contribution < 1.29 is 13.9 Å². The number of aryl methyl sites for hydroxylation is 1. The van der Waals surface area contributed by atoms with Crippen LogP contribution in [-0.2, 0) is 6.42 Å². The predicted octanol–water partition coefficient (Wildman–Crippen LogP) is 2.96. The lowest BCUT2D eigenvalue weighted by Gasteiger charge is -2.06. The van der Waals surface area contributed by atoms with Crippen LogP contribution in [0.5, 0.6) is 5.75 Å². The highest BCUT2D eigenvalue weighted by molar-refractivity contribution is 5.98. The number of aromatic nitrogens is 1. The molecule has 0 N–H and O–H groups in total. The molecule has 1 aromatic heterocycles. The number of pyridine rings is 1. The molecule has 0 aliphatic rings. The molecule has 4 heteroatoms. The van der Waals surface area contributed by atoms with Gasteiger partial charge in [0.15, 0.2) is 17.3 Å². The van der Waals surface area contributed by atoms with Crippen LogP contribution in [0.1, 0.15) is 21.6 Å². The van der Waals surface area contributed by atoms with Gasteiger partial charge < -0.3 is 4.74 Å². The van der Waals surface area contributed by atoms with Gasteiger partial charge in [0.05, 0.1) is 7.11 Å². The van der Waals surface area contributed by atoms with Crippen molar-refractivity contribution in [3.05, 3.63) is 59.2 Å². The fourth-order valence-corrected chi connectivity index (χ4v) is 1.88. The number of ether oxygens (including phenoxy) is 1. The minimum Gasteiger partial charge on any atom is -0.494 e. The Morgan fingerprint density at radius 3 is 2.79 bits per heavy atom. The van der Waals surface area contributed by atoms with Gasteiger partial charge in [-0.2, -0.15) is 0 Å². The van der Waals surface area contributed by atoms with E-state index in [9.17, 15) is 9.18 Å². The molecule has 0 unspecified atom stereocenters. The van der Waals surface area contributed by atoms with Crippen molar-refractivity contribution in [2.24, 2.45) is 0 Å². The van der Waals surface area contributed by atoms with Crippen LogP contribution in [0.4, 0.5) is 4.39 Å². The lowest BCUT2D eigenvalue weighted by atomic mass is 10.0. The first-order chi connectivity index (χ1) is 9.11. The van der Waals surface area contributed by atoms with Gasteiger partial charge in [-0.05, 0) is 36.8 Å². The molecule has 1 aromatic carbocycles. The zero-order valence-corrected chi connectivity index (χ0v) is 10.8. The van der Waals surface area contributed by atoms with Crippen molar-refractivity contribution in [1.82, 2.24) is 4.98 Å². The summed E-state index contributed by atoms with van der Waals surface area (Å²) in [5, 5.41) is 0. The molecule has 0 fully saturated rings. The molecular formula is C15H14FNO2. The first-order valence-electron chi connectivity index (χ1n) is 5.89. The number of carbonyl (C=O) groups is 1. The van der Waals surface area contributed by atoms with Crippen LogP contribution in [0.25, 0.3) is 0 Å². The Balaban J connectivity index is 2.20. The van der Waals surface area contributed by atoms with Crippen molar-refractivity contribution in [3.63, 3.8) is 0 Å². The van der Waals surface area contributed by atoms with Gasteiger partial charge in [-0.25, -0.2) is 4.39 Å². The van der Waals surface area contributed by atoms with E-state index in [-0.39, 0.29) is 18.0 Å². The van der Waals surface area contributed by atoms with Gasteiger partial charge in [0.2, 0.25) is 0 Å². The molecule has 19 heavy (non-hydrogen) atoms. The lowest BCUT2D eigenvalue weighted by molar-refractivity contribution is 0.0992. The first-order valence-corrected chi connectivity index (χ1v) is 5.89. The lowest BCUT2D eigenvalue weighted by Crippen LogP contribution is -2.07. The summed E-state index contributed by atoms with van der Waals surface area (Å²) in [5.41, 5.74) is 1.87. The Hall–Kier alpha value is -2.23. The van der Waals surface area contributed by atoms with E-state index >= 15 is 0 Å². The SMILES string of the molecule is COc1ccc(CC(=O)c2cccnc2C)cc1F. The smallest absolute Gasteiger partial charge is 0.169 e. The van der Waals surface area contributed by atoms with E-state index in [0.29, 0.717) is 16.8 Å². The summed E-state index contributed by atoms with van der Waals surface area (Å²) in [6.07, 6.45) is 1.78. The molecule has 0 radical (unpaired) electrons. The summed E-state index contributed by atoms with van der Waals surface area (Å²) in [4.78, 5) is 16.2. The largest absolute Gasteiger partial charge is 0.494 e. The maximum Gasteiger partial charge on any atom is 0.169 e. The fourth-order valence-electron chi connectivity index (χ4n) is 1.88. The molecular weight excluding hydrogens is 245 g/mol. The van der Waals surface area contributed by atoms with Crippen molar-refractivity contribution >= 4 is 5.78 Å². The van der Waals surface area contributed by atoms with Crippen molar-refractivity contribution in [1.29, 1.82) is 0 Å². The molecule has 0 saturated heterocycles. The number of carbonyl (C=O) groups excluding carboxylic acids is 1. The van der Waals surface area contributed by atoms with Crippen LogP contribution in [0.15, 0.2) is 36.5 Å². The van der Waals surface area contributed by atoms with E-state index in [1.54, 1.807) is 31.3 Å². The van der Waals surface area contributed by atoms with Crippen LogP contribution in [-0.4, -0.2) is 17.9 Å². The number of Topliss-reactive ketones (excluding diaryl/α,β-unsaturated/α-hetero) is 1. The monoisotopic (exact) mass is 259 g/mol. The number of methoxy groups -OCH3 is 1. The first kappa shape index (κ1) is 13.2. The second-order valence-corrected chi connectivity index (χ2v) is 4.21. The fraction of sp³-hybridized carbons (Fsp3) is 0.200. The molecule has 2 rings (SSSR count). The van der Waals surface area contributed by atoms with Gasteiger partial charge in [0.25, 0.3) is 0 Å². The Bertz CT molecular complexity index is 611. The number of hydrogen-bond acceptors (Lipinski definition) is 3. The van der Waals surface area contributed by atoms with Crippen LogP contribution in [0.3, 0.4) is 0 Å². The van der Waals surface area contributed by atoms with E-state index in [4.69, 9.17) is 4.74 Å². The highest BCUT2D eigenvalue weighted by atomic mass is 19.1. The third kappa shape index (κ3) is 2.96. The maximum atomic E-state index is 13.5. The number of halogens is 1. The second kappa shape index (κ2) is 5.61. The summed E-state index contributed by atoms with van der Waals surface area (Å²) in [5.74, 6) is -0.361. The predicted molar refractivity (Wildman–Crippen MR) is 70.0 cm³/mol. The third-order valence-corrected chi connectivity index (χ3v) is 2.89. The number of ketones is 1. The summed E-state index contributed by atoms with van der Waals surface area (Å²) in [7, 11) is 1.40. The number of rotatable bonds is 4. The topological polar surface area (TPSA) is 39.2 Å². The van der Waals surface area contributed by atoms with Crippen molar-refractivity contribution in [2.45, 2.75) is 13.3 Å². The normalized spacial score (nSPS) is 10.3. The van der Waals surface area contributed by atoms with E-state index in [1.807, 2.05) is 0 Å². The summed E-state index contributed by atoms with van der Waals surface area (Å²) >= 11 is 0. The molecule has 3 nitrogen and oxygen atoms in total. The second-order valence-electron chi connectivity index (χ2n) is 4.21. The van der Waals surface area contributed by atoms with Crippen LogP contribution >= 0.6 is 0 Å². The Labute approximate surface area is 111 Å². The van der Waals surface area contributed by atoms with Crippen molar-refractivity contribution in [2.75, 3.05) is 7.11 Å². The van der Waals surface area contributed by atoms with Gasteiger partial charge in [0.1, 0.15) is 0 Å². The Morgan fingerprint density at radius 2 is 2.16 bits per heavy atom. The molecule has 0 saturated carbocycles. The Morgan fingerprint density at radius 1 is 1.37 bits per heavy atom. The van der Waals surface area contributed by atoms with Crippen LogP contribution < -0.4 is 4.74 Å². The van der Waals surface area contributed by atoms with E-state index in [0.717, 1.165) is 0 Å². The quantitative estimate of drug-likeness (QED) is 0.792. The molecule has 0 amide bonds. The van der Waals surface area contributed by atoms with Crippen LogP contribution in [0.2, 0.25) is 0 Å². The summed E-state index contributed by atoms with van der Waals surface area (Å²) in [6.45, 7) is 1.78. The average molecular weight is 259 g/mol.